The first-order valence-electron chi connectivity index (χ1n) is 6.38. The molecule has 0 bridgehead atoms. The summed E-state index contributed by atoms with van der Waals surface area (Å²) >= 11 is 0. The predicted molar refractivity (Wildman–Crippen MR) is 63.1 cm³/mol. The van der Waals surface area contributed by atoms with Crippen LogP contribution in [0.3, 0.4) is 0 Å². The van der Waals surface area contributed by atoms with Crippen molar-refractivity contribution in [3.8, 4) is 0 Å². The maximum atomic E-state index is 5.92. The van der Waals surface area contributed by atoms with Crippen LogP contribution in [-0.2, 0) is 9.47 Å². The zero-order chi connectivity index (χ0) is 11.6. The largest absolute Gasteiger partial charge is 0.347 e. The Hall–Kier alpha value is -0.160. The third-order valence-electron chi connectivity index (χ3n) is 3.42. The summed E-state index contributed by atoms with van der Waals surface area (Å²) in [7, 11) is 0. The second kappa shape index (κ2) is 5.00. The molecule has 0 aromatic carbocycles. The smallest absolute Gasteiger partial charge is 0.171 e. The van der Waals surface area contributed by atoms with Crippen LogP contribution in [0.25, 0.3) is 0 Å². The van der Waals surface area contributed by atoms with Crippen molar-refractivity contribution in [2.24, 2.45) is 11.7 Å². The fourth-order valence-corrected chi connectivity index (χ4v) is 2.59. The fraction of sp³-hybridized carbons (Fsp3) is 1.00. The van der Waals surface area contributed by atoms with Gasteiger partial charge in [-0.1, -0.05) is 13.8 Å². The molecule has 2 aliphatic heterocycles. The molecule has 2 fully saturated rings. The topological polar surface area (TPSA) is 47.7 Å². The van der Waals surface area contributed by atoms with Crippen LogP contribution in [0, 0.1) is 5.92 Å². The zero-order valence-electron chi connectivity index (χ0n) is 10.4. The lowest BCUT2D eigenvalue weighted by atomic mass is 10.0. The maximum Gasteiger partial charge on any atom is 0.171 e. The summed E-state index contributed by atoms with van der Waals surface area (Å²) in [5.74, 6) is 0.425. The number of hydrogen-bond donors (Lipinski definition) is 1. The minimum Gasteiger partial charge on any atom is -0.347 e. The number of nitrogens with two attached hydrogens (primary N) is 1. The van der Waals surface area contributed by atoms with Gasteiger partial charge in [0.1, 0.15) is 0 Å². The number of piperidine rings is 1. The van der Waals surface area contributed by atoms with E-state index in [0.717, 1.165) is 31.8 Å². The highest BCUT2D eigenvalue weighted by atomic mass is 16.7. The van der Waals surface area contributed by atoms with Crippen LogP contribution in [0.15, 0.2) is 0 Å². The molecule has 2 heterocycles. The molecule has 1 spiro atoms. The van der Waals surface area contributed by atoms with Crippen LogP contribution >= 0.6 is 0 Å². The summed E-state index contributed by atoms with van der Waals surface area (Å²) < 4.78 is 11.7. The van der Waals surface area contributed by atoms with E-state index in [4.69, 9.17) is 15.2 Å². The van der Waals surface area contributed by atoms with Crippen LogP contribution in [-0.4, -0.2) is 49.6 Å². The second-order valence-corrected chi connectivity index (χ2v) is 5.39. The van der Waals surface area contributed by atoms with Crippen molar-refractivity contribution in [3.05, 3.63) is 0 Å². The van der Waals surface area contributed by atoms with Crippen molar-refractivity contribution in [2.45, 2.75) is 38.6 Å². The van der Waals surface area contributed by atoms with E-state index in [0.29, 0.717) is 13.2 Å². The standard InChI is InChI=1S/C12H24N2O2/c1-10(2)8-14-5-3-12(4-6-14)15-9-11(7-13)16-12/h10-11H,3-9,13H2,1-2H3. The minimum atomic E-state index is -0.308. The van der Waals surface area contributed by atoms with E-state index in [9.17, 15) is 0 Å². The van der Waals surface area contributed by atoms with Crippen LogP contribution in [0.5, 0.6) is 0 Å². The van der Waals surface area contributed by atoms with Gasteiger partial charge in [0.05, 0.1) is 12.7 Å². The number of hydrogen-bond acceptors (Lipinski definition) is 4. The summed E-state index contributed by atoms with van der Waals surface area (Å²) in [6.07, 6.45) is 2.07. The molecular weight excluding hydrogens is 204 g/mol. The summed E-state index contributed by atoms with van der Waals surface area (Å²) in [5.41, 5.74) is 5.60. The van der Waals surface area contributed by atoms with Gasteiger partial charge in [-0.2, -0.15) is 0 Å². The van der Waals surface area contributed by atoms with Gasteiger partial charge in [0.2, 0.25) is 0 Å². The van der Waals surface area contributed by atoms with E-state index in [1.165, 1.54) is 6.54 Å². The van der Waals surface area contributed by atoms with Gasteiger partial charge in [0, 0.05) is 39.0 Å². The molecule has 94 valence electrons. The molecule has 0 aliphatic carbocycles. The monoisotopic (exact) mass is 228 g/mol. The number of likely N-dealkylation sites (tertiary alicyclic amines) is 1. The normalized spacial score (nSPS) is 30.4. The molecule has 0 aromatic rings. The van der Waals surface area contributed by atoms with Gasteiger partial charge >= 0.3 is 0 Å². The van der Waals surface area contributed by atoms with E-state index in [1.54, 1.807) is 0 Å². The molecule has 16 heavy (non-hydrogen) atoms. The highest BCUT2D eigenvalue weighted by Gasteiger charge is 2.43. The molecule has 2 rings (SSSR count). The molecule has 0 saturated carbocycles. The Kier molecular flexibility index (Phi) is 3.85. The Morgan fingerprint density at radius 3 is 2.56 bits per heavy atom. The van der Waals surface area contributed by atoms with Crippen LogP contribution in [0.1, 0.15) is 26.7 Å². The molecule has 1 unspecified atom stereocenters. The van der Waals surface area contributed by atoms with E-state index < -0.39 is 0 Å². The Morgan fingerprint density at radius 1 is 1.38 bits per heavy atom. The highest BCUT2D eigenvalue weighted by Crippen LogP contribution is 2.33. The maximum absolute atomic E-state index is 5.92. The van der Waals surface area contributed by atoms with E-state index in [2.05, 4.69) is 18.7 Å². The van der Waals surface area contributed by atoms with Crippen molar-refractivity contribution in [1.29, 1.82) is 0 Å². The first kappa shape index (κ1) is 12.3. The van der Waals surface area contributed by atoms with Gasteiger partial charge in [-0.25, -0.2) is 0 Å². The van der Waals surface area contributed by atoms with Crippen molar-refractivity contribution in [1.82, 2.24) is 4.90 Å². The summed E-state index contributed by atoms with van der Waals surface area (Å²) in [6.45, 7) is 9.09. The average molecular weight is 228 g/mol. The molecule has 0 radical (unpaired) electrons. The van der Waals surface area contributed by atoms with E-state index >= 15 is 0 Å². The number of rotatable bonds is 3. The van der Waals surface area contributed by atoms with Gasteiger partial charge in [-0.15, -0.1) is 0 Å². The number of nitrogens with zero attached hydrogens (tertiary/aromatic N) is 1. The lowest BCUT2D eigenvalue weighted by Crippen LogP contribution is -2.46. The molecule has 4 heteroatoms. The molecule has 0 aromatic heterocycles. The molecular formula is C12H24N2O2. The summed E-state index contributed by atoms with van der Waals surface area (Å²) in [6, 6.07) is 0. The predicted octanol–water partition coefficient (Wildman–Crippen LogP) is 0.809. The van der Waals surface area contributed by atoms with Crippen LogP contribution in [0.2, 0.25) is 0 Å². The van der Waals surface area contributed by atoms with Crippen molar-refractivity contribution in [3.63, 3.8) is 0 Å². The fourth-order valence-electron chi connectivity index (χ4n) is 2.59. The van der Waals surface area contributed by atoms with Crippen molar-refractivity contribution >= 4 is 0 Å². The lowest BCUT2D eigenvalue weighted by molar-refractivity contribution is -0.194. The molecule has 2 N–H and O–H groups in total. The van der Waals surface area contributed by atoms with Gasteiger partial charge in [-0.3, -0.25) is 0 Å². The molecule has 1 atom stereocenters. The third-order valence-corrected chi connectivity index (χ3v) is 3.42. The first-order valence-corrected chi connectivity index (χ1v) is 6.38. The van der Waals surface area contributed by atoms with Crippen molar-refractivity contribution < 1.29 is 9.47 Å². The van der Waals surface area contributed by atoms with E-state index in [-0.39, 0.29) is 11.9 Å². The molecule has 2 aliphatic rings. The first-order chi connectivity index (χ1) is 7.63. The Bertz CT molecular complexity index is 225. The van der Waals surface area contributed by atoms with Crippen molar-refractivity contribution in [2.75, 3.05) is 32.8 Å². The Morgan fingerprint density at radius 2 is 2.06 bits per heavy atom. The van der Waals surface area contributed by atoms with Gasteiger partial charge in [-0.05, 0) is 5.92 Å². The van der Waals surface area contributed by atoms with Crippen LogP contribution < -0.4 is 5.73 Å². The Labute approximate surface area is 98.1 Å². The molecule has 2 saturated heterocycles. The third kappa shape index (κ3) is 2.74. The SMILES string of the molecule is CC(C)CN1CCC2(CC1)OCC(CN)O2. The van der Waals surface area contributed by atoms with Gasteiger partial charge in [0.15, 0.2) is 5.79 Å². The minimum absolute atomic E-state index is 0.108. The zero-order valence-corrected chi connectivity index (χ0v) is 10.4. The lowest BCUT2D eigenvalue weighted by Gasteiger charge is -2.38. The second-order valence-electron chi connectivity index (χ2n) is 5.39. The quantitative estimate of drug-likeness (QED) is 0.776. The number of ether oxygens (including phenoxy) is 2. The van der Waals surface area contributed by atoms with Crippen LogP contribution in [0.4, 0.5) is 0 Å². The Balaban J connectivity index is 1.81. The van der Waals surface area contributed by atoms with E-state index in [1.807, 2.05) is 0 Å². The van der Waals surface area contributed by atoms with Gasteiger partial charge < -0.3 is 20.1 Å². The summed E-state index contributed by atoms with van der Waals surface area (Å²) in [4.78, 5) is 2.50. The highest BCUT2D eigenvalue weighted by molar-refractivity contribution is 4.85. The van der Waals surface area contributed by atoms with Gasteiger partial charge in [0.25, 0.3) is 0 Å². The average Bonchev–Trinajstić information content (AvgIpc) is 2.65. The summed E-state index contributed by atoms with van der Waals surface area (Å²) in [5, 5.41) is 0. The molecule has 0 amide bonds. The molecule has 4 nitrogen and oxygen atoms in total.